The van der Waals surface area contributed by atoms with Gasteiger partial charge in [0.1, 0.15) is 5.82 Å². The van der Waals surface area contributed by atoms with Crippen LogP contribution in [0.1, 0.15) is 43.7 Å². The van der Waals surface area contributed by atoms with Crippen molar-refractivity contribution in [1.29, 1.82) is 0 Å². The maximum absolute atomic E-state index is 13.3. The van der Waals surface area contributed by atoms with E-state index in [0.29, 0.717) is 0 Å². The van der Waals surface area contributed by atoms with Gasteiger partial charge in [0.05, 0.1) is 0 Å². The van der Waals surface area contributed by atoms with Crippen molar-refractivity contribution in [2.24, 2.45) is 5.73 Å². The van der Waals surface area contributed by atoms with E-state index < -0.39 is 0 Å². The third-order valence-electron chi connectivity index (χ3n) is 3.50. The van der Waals surface area contributed by atoms with Gasteiger partial charge in [0, 0.05) is 5.54 Å². The van der Waals surface area contributed by atoms with Crippen LogP contribution in [0.3, 0.4) is 0 Å². The minimum atomic E-state index is -0.197. The average molecular weight is 207 g/mol. The fourth-order valence-electron chi connectivity index (χ4n) is 2.45. The molecule has 15 heavy (non-hydrogen) atoms. The van der Waals surface area contributed by atoms with Crippen molar-refractivity contribution in [2.45, 2.75) is 44.6 Å². The number of aryl methyl sites for hydroxylation is 1. The first-order chi connectivity index (χ1) is 7.15. The molecule has 1 aromatic rings. The van der Waals surface area contributed by atoms with Gasteiger partial charge >= 0.3 is 0 Å². The molecule has 1 nitrogen and oxygen atoms in total. The molecule has 2 N–H and O–H groups in total. The molecule has 0 atom stereocenters. The molecule has 0 amide bonds. The van der Waals surface area contributed by atoms with E-state index in [2.05, 4.69) is 0 Å². The Morgan fingerprint density at radius 1 is 1.33 bits per heavy atom. The van der Waals surface area contributed by atoms with Crippen molar-refractivity contribution in [2.75, 3.05) is 0 Å². The normalized spacial score (nSPS) is 19.4. The zero-order valence-electron chi connectivity index (χ0n) is 9.22. The second-order valence-corrected chi connectivity index (χ2v) is 4.52. The van der Waals surface area contributed by atoms with Crippen LogP contribution in [0.25, 0.3) is 0 Å². The molecule has 1 fully saturated rings. The lowest BCUT2D eigenvalue weighted by atomic mass is 9.88. The number of hydrogen-bond acceptors (Lipinski definition) is 1. The first-order valence-corrected chi connectivity index (χ1v) is 5.73. The van der Waals surface area contributed by atoms with Gasteiger partial charge in [0.25, 0.3) is 0 Å². The molecular weight excluding hydrogens is 189 g/mol. The Kier molecular flexibility index (Phi) is 2.79. The quantitative estimate of drug-likeness (QED) is 0.792. The summed E-state index contributed by atoms with van der Waals surface area (Å²) in [6.07, 6.45) is 5.17. The summed E-state index contributed by atoms with van der Waals surface area (Å²) >= 11 is 0. The minimum Gasteiger partial charge on any atom is -0.321 e. The minimum absolute atomic E-state index is 0.108. The summed E-state index contributed by atoms with van der Waals surface area (Å²) in [5.41, 5.74) is 8.03. The highest BCUT2D eigenvalue weighted by Gasteiger charge is 2.31. The first-order valence-electron chi connectivity index (χ1n) is 5.73. The van der Waals surface area contributed by atoms with Crippen LogP contribution >= 0.6 is 0 Å². The van der Waals surface area contributed by atoms with Crippen LogP contribution in [-0.4, -0.2) is 0 Å². The summed E-state index contributed by atoms with van der Waals surface area (Å²) in [5, 5.41) is 0. The van der Waals surface area contributed by atoms with Gasteiger partial charge in [-0.25, -0.2) is 4.39 Å². The maximum atomic E-state index is 13.3. The highest BCUT2D eigenvalue weighted by atomic mass is 19.1. The zero-order chi connectivity index (χ0) is 10.9. The third-order valence-corrected chi connectivity index (χ3v) is 3.50. The number of benzene rings is 1. The van der Waals surface area contributed by atoms with E-state index in [1.54, 1.807) is 6.07 Å². The number of halogens is 1. The monoisotopic (exact) mass is 207 g/mol. The number of hydrogen-bond donors (Lipinski definition) is 1. The molecule has 2 heteroatoms. The lowest BCUT2D eigenvalue weighted by Crippen LogP contribution is -2.33. The van der Waals surface area contributed by atoms with Gasteiger partial charge in [-0.2, -0.15) is 0 Å². The van der Waals surface area contributed by atoms with E-state index in [-0.39, 0.29) is 11.4 Å². The van der Waals surface area contributed by atoms with Gasteiger partial charge in [-0.15, -0.1) is 0 Å². The van der Waals surface area contributed by atoms with Gasteiger partial charge < -0.3 is 5.73 Å². The molecule has 0 saturated heterocycles. The molecule has 0 heterocycles. The van der Waals surface area contributed by atoms with E-state index in [4.69, 9.17) is 5.73 Å². The van der Waals surface area contributed by atoms with E-state index in [9.17, 15) is 4.39 Å². The number of nitrogens with two attached hydrogens (primary N) is 1. The molecule has 0 unspecified atom stereocenters. The molecule has 1 aliphatic rings. The van der Waals surface area contributed by atoms with Crippen LogP contribution in [0.2, 0.25) is 0 Å². The van der Waals surface area contributed by atoms with Crippen molar-refractivity contribution in [3.8, 4) is 0 Å². The Morgan fingerprint density at radius 2 is 2.00 bits per heavy atom. The smallest absolute Gasteiger partial charge is 0.126 e. The molecule has 0 spiro atoms. The summed E-state index contributed by atoms with van der Waals surface area (Å²) in [6.45, 7) is 1.97. The Bertz CT molecular complexity index is 354. The Labute approximate surface area is 90.5 Å². The van der Waals surface area contributed by atoms with E-state index in [1.807, 2.05) is 19.1 Å². The van der Waals surface area contributed by atoms with Gasteiger partial charge in [-0.05, 0) is 36.5 Å². The first kappa shape index (κ1) is 10.6. The van der Waals surface area contributed by atoms with E-state index in [1.165, 1.54) is 12.8 Å². The van der Waals surface area contributed by atoms with Crippen LogP contribution in [0, 0.1) is 5.82 Å². The van der Waals surface area contributed by atoms with Gasteiger partial charge in [0.15, 0.2) is 0 Å². The standard InChI is InChI=1S/C13H18FN/c1-2-10-9-11(5-6-12(10)14)13(15)7-3-4-8-13/h5-6,9H,2-4,7-8,15H2,1H3. The molecule has 0 bridgehead atoms. The van der Waals surface area contributed by atoms with Crippen molar-refractivity contribution >= 4 is 0 Å². The summed E-state index contributed by atoms with van der Waals surface area (Å²) < 4.78 is 13.3. The van der Waals surface area contributed by atoms with E-state index >= 15 is 0 Å². The zero-order valence-corrected chi connectivity index (χ0v) is 9.22. The highest BCUT2D eigenvalue weighted by molar-refractivity contribution is 5.31. The molecule has 1 aromatic carbocycles. The Hall–Kier alpha value is -0.890. The Morgan fingerprint density at radius 3 is 2.60 bits per heavy atom. The summed E-state index contributed by atoms with van der Waals surface area (Å²) in [4.78, 5) is 0. The topological polar surface area (TPSA) is 26.0 Å². The average Bonchev–Trinajstić information content (AvgIpc) is 2.67. The second kappa shape index (κ2) is 3.93. The van der Waals surface area contributed by atoms with Gasteiger partial charge in [0.2, 0.25) is 0 Å². The van der Waals surface area contributed by atoms with Crippen LogP contribution in [0.4, 0.5) is 4.39 Å². The predicted octanol–water partition coefficient (Wildman–Crippen LogP) is 3.12. The number of rotatable bonds is 2. The Balaban J connectivity index is 2.36. The SMILES string of the molecule is CCc1cc(C2(N)CCCC2)ccc1F. The predicted molar refractivity (Wildman–Crippen MR) is 60.1 cm³/mol. The van der Waals surface area contributed by atoms with Crippen LogP contribution in [0.5, 0.6) is 0 Å². The van der Waals surface area contributed by atoms with Crippen molar-refractivity contribution in [3.05, 3.63) is 35.1 Å². The molecule has 0 radical (unpaired) electrons. The molecule has 1 saturated carbocycles. The third kappa shape index (κ3) is 1.91. The lowest BCUT2D eigenvalue weighted by Gasteiger charge is -2.24. The van der Waals surface area contributed by atoms with Crippen molar-refractivity contribution in [1.82, 2.24) is 0 Å². The molecular formula is C13H18FN. The summed E-state index contributed by atoms with van der Waals surface area (Å²) in [7, 11) is 0. The van der Waals surface area contributed by atoms with Gasteiger partial charge in [-0.1, -0.05) is 31.9 Å². The van der Waals surface area contributed by atoms with Crippen LogP contribution < -0.4 is 5.73 Å². The van der Waals surface area contributed by atoms with Crippen molar-refractivity contribution < 1.29 is 4.39 Å². The van der Waals surface area contributed by atoms with Gasteiger partial charge in [-0.3, -0.25) is 0 Å². The summed E-state index contributed by atoms with van der Waals surface area (Å²) in [5.74, 6) is -0.108. The van der Waals surface area contributed by atoms with Crippen LogP contribution in [0.15, 0.2) is 18.2 Å². The van der Waals surface area contributed by atoms with Crippen molar-refractivity contribution in [3.63, 3.8) is 0 Å². The molecule has 2 rings (SSSR count). The molecule has 0 aromatic heterocycles. The molecule has 0 aliphatic heterocycles. The second-order valence-electron chi connectivity index (χ2n) is 4.52. The summed E-state index contributed by atoms with van der Waals surface area (Å²) in [6, 6.07) is 5.35. The fraction of sp³-hybridized carbons (Fsp3) is 0.538. The molecule has 1 aliphatic carbocycles. The lowest BCUT2D eigenvalue weighted by molar-refractivity contribution is 0.459. The fourth-order valence-corrected chi connectivity index (χ4v) is 2.45. The van der Waals surface area contributed by atoms with E-state index in [0.717, 1.165) is 30.4 Å². The maximum Gasteiger partial charge on any atom is 0.126 e. The molecule has 82 valence electrons. The highest BCUT2D eigenvalue weighted by Crippen LogP contribution is 2.36. The van der Waals surface area contributed by atoms with Crippen LogP contribution in [-0.2, 0) is 12.0 Å². The largest absolute Gasteiger partial charge is 0.321 e.